The molecule has 1 aromatic rings. The number of unbranched alkanes of at least 4 members (excludes halogenated alkanes) is 3. The van der Waals surface area contributed by atoms with Gasteiger partial charge in [0.1, 0.15) is 6.04 Å². The number of nitrogens with zero attached hydrogens (tertiary/aromatic N) is 2. The molecule has 0 fully saturated rings. The van der Waals surface area contributed by atoms with E-state index in [4.69, 9.17) is 9.84 Å². The van der Waals surface area contributed by atoms with Crippen LogP contribution in [-0.4, -0.2) is 70.6 Å². The molecule has 0 aliphatic rings. The zero-order valence-electron chi connectivity index (χ0n) is 15.4. The number of aromatic nitrogens is 2. The predicted molar refractivity (Wildman–Crippen MR) is 94.5 cm³/mol. The molecule has 146 valence electrons. The standard InChI is InChI=1S/C17H28N4O5/c1-3-4-5-6-7-21(11-16(23)24)10-15(22)20-14(17(25)26-2)8-13-9-18-12-19-13/h9,12,14H,3-8,10-11H2,1-2H3,(H,18,19)(H,20,22)(H,23,24). The zero-order valence-corrected chi connectivity index (χ0v) is 15.4. The van der Waals surface area contributed by atoms with Crippen molar-refractivity contribution in [3.8, 4) is 0 Å². The summed E-state index contributed by atoms with van der Waals surface area (Å²) in [5.41, 5.74) is 0.683. The molecule has 1 rings (SSSR count). The molecule has 0 aliphatic carbocycles. The first-order valence-corrected chi connectivity index (χ1v) is 8.74. The number of amides is 1. The van der Waals surface area contributed by atoms with Gasteiger partial charge in [-0.1, -0.05) is 26.2 Å². The van der Waals surface area contributed by atoms with Crippen molar-refractivity contribution in [2.75, 3.05) is 26.7 Å². The molecule has 0 radical (unpaired) electrons. The molecule has 26 heavy (non-hydrogen) atoms. The summed E-state index contributed by atoms with van der Waals surface area (Å²) in [5, 5.41) is 11.6. The lowest BCUT2D eigenvalue weighted by Gasteiger charge is -2.22. The van der Waals surface area contributed by atoms with Crippen LogP contribution < -0.4 is 5.32 Å². The number of H-pyrrole nitrogens is 1. The third-order valence-corrected chi connectivity index (χ3v) is 3.85. The minimum Gasteiger partial charge on any atom is -0.480 e. The molecule has 3 N–H and O–H groups in total. The van der Waals surface area contributed by atoms with Crippen molar-refractivity contribution in [2.45, 2.75) is 45.1 Å². The Bertz CT molecular complexity index is 562. The highest BCUT2D eigenvalue weighted by Gasteiger charge is 2.24. The normalized spacial score (nSPS) is 12.0. The Labute approximate surface area is 153 Å². The molecule has 0 aliphatic heterocycles. The van der Waals surface area contributed by atoms with Gasteiger partial charge in [0.25, 0.3) is 0 Å². The third kappa shape index (κ3) is 8.61. The molecule has 1 atom stereocenters. The summed E-state index contributed by atoms with van der Waals surface area (Å²) in [6.07, 6.45) is 7.22. The van der Waals surface area contributed by atoms with Crippen molar-refractivity contribution in [1.29, 1.82) is 0 Å². The molecule has 0 saturated heterocycles. The van der Waals surface area contributed by atoms with Gasteiger partial charge in [0, 0.05) is 18.3 Å². The van der Waals surface area contributed by atoms with Gasteiger partial charge >= 0.3 is 11.9 Å². The number of carboxylic acids is 1. The van der Waals surface area contributed by atoms with Crippen LogP contribution in [0, 0.1) is 0 Å². The Balaban J connectivity index is 2.60. The number of aromatic amines is 1. The Morgan fingerprint density at radius 2 is 2.08 bits per heavy atom. The molecule has 0 bridgehead atoms. The number of aliphatic carboxylic acids is 1. The van der Waals surface area contributed by atoms with Crippen LogP contribution in [-0.2, 0) is 25.5 Å². The molecular weight excluding hydrogens is 340 g/mol. The first-order chi connectivity index (χ1) is 12.5. The van der Waals surface area contributed by atoms with Crippen molar-refractivity contribution in [2.24, 2.45) is 0 Å². The smallest absolute Gasteiger partial charge is 0.328 e. The highest BCUT2D eigenvalue weighted by Crippen LogP contribution is 2.03. The molecule has 9 nitrogen and oxygen atoms in total. The minimum absolute atomic E-state index is 0.0884. The van der Waals surface area contributed by atoms with E-state index in [0.29, 0.717) is 12.2 Å². The van der Waals surface area contributed by atoms with Gasteiger partial charge in [0.05, 0.1) is 26.5 Å². The lowest BCUT2D eigenvalue weighted by Crippen LogP contribution is -2.48. The maximum absolute atomic E-state index is 12.3. The van der Waals surface area contributed by atoms with E-state index in [1.165, 1.54) is 13.4 Å². The number of carbonyl (C=O) groups is 3. The van der Waals surface area contributed by atoms with Gasteiger partial charge in [0.2, 0.25) is 5.91 Å². The Morgan fingerprint density at radius 1 is 1.31 bits per heavy atom. The van der Waals surface area contributed by atoms with Crippen molar-refractivity contribution in [3.05, 3.63) is 18.2 Å². The Kier molecular flexibility index (Phi) is 9.99. The average molecular weight is 368 g/mol. The van der Waals surface area contributed by atoms with E-state index in [2.05, 4.69) is 22.2 Å². The summed E-state index contributed by atoms with van der Waals surface area (Å²) in [6.45, 7) is 2.30. The summed E-state index contributed by atoms with van der Waals surface area (Å²) in [4.78, 5) is 43.5. The van der Waals surface area contributed by atoms with Crippen molar-refractivity contribution in [1.82, 2.24) is 20.2 Å². The van der Waals surface area contributed by atoms with E-state index in [1.807, 2.05) is 0 Å². The summed E-state index contributed by atoms with van der Waals surface area (Å²) in [7, 11) is 1.25. The fourth-order valence-corrected chi connectivity index (χ4v) is 2.56. The van der Waals surface area contributed by atoms with Crippen LogP contribution in [0.1, 0.15) is 38.3 Å². The van der Waals surface area contributed by atoms with Crippen molar-refractivity contribution in [3.63, 3.8) is 0 Å². The van der Waals surface area contributed by atoms with Crippen molar-refractivity contribution < 1.29 is 24.2 Å². The molecule has 1 aromatic heterocycles. The van der Waals surface area contributed by atoms with Crippen LogP contribution in [0.25, 0.3) is 0 Å². The van der Waals surface area contributed by atoms with E-state index >= 15 is 0 Å². The van der Waals surface area contributed by atoms with Crippen LogP contribution in [0.5, 0.6) is 0 Å². The minimum atomic E-state index is -0.990. The second-order valence-corrected chi connectivity index (χ2v) is 6.09. The summed E-state index contributed by atoms with van der Waals surface area (Å²) in [5.74, 6) is -1.98. The average Bonchev–Trinajstić information content (AvgIpc) is 3.09. The number of ether oxygens (including phenoxy) is 1. The maximum atomic E-state index is 12.3. The summed E-state index contributed by atoms with van der Waals surface area (Å²) in [6, 6.07) is -0.861. The zero-order chi connectivity index (χ0) is 19.4. The number of nitrogens with one attached hydrogen (secondary N) is 2. The molecule has 9 heteroatoms. The number of carbonyl (C=O) groups excluding carboxylic acids is 2. The topological polar surface area (TPSA) is 125 Å². The van der Waals surface area contributed by atoms with E-state index in [9.17, 15) is 14.4 Å². The van der Waals surface area contributed by atoms with Crippen molar-refractivity contribution >= 4 is 17.8 Å². The maximum Gasteiger partial charge on any atom is 0.328 e. The number of hydrogen-bond acceptors (Lipinski definition) is 6. The van der Waals surface area contributed by atoms with Crippen LogP contribution in [0.3, 0.4) is 0 Å². The van der Waals surface area contributed by atoms with E-state index < -0.39 is 23.9 Å². The number of esters is 1. The Hall–Kier alpha value is -2.42. The number of imidazole rings is 1. The van der Waals surface area contributed by atoms with Crippen LogP contribution in [0.2, 0.25) is 0 Å². The van der Waals surface area contributed by atoms with Crippen LogP contribution >= 0.6 is 0 Å². The van der Waals surface area contributed by atoms with E-state index in [0.717, 1.165) is 25.7 Å². The highest BCUT2D eigenvalue weighted by molar-refractivity contribution is 5.85. The monoisotopic (exact) mass is 368 g/mol. The van der Waals surface area contributed by atoms with Gasteiger partial charge in [-0.15, -0.1) is 0 Å². The lowest BCUT2D eigenvalue weighted by molar-refractivity contribution is -0.145. The molecule has 1 amide bonds. The first-order valence-electron chi connectivity index (χ1n) is 8.74. The summed E-state index contributed by atoms with van der Waals surface area (Å²) >= 11 is 0. The summed E-state index contributed by atoms with van der Waals surface area (Å²) < 4.78 is 4.73. The molecule has 1 unspecified atom stereocenters. The lowest BCUT2D eigenvalue weighted by atomic mass is 10.1. The second kappa shape index (κ2) is 12.0. The SMILES string of the molecule is CCCCCCN(CC(=O)O)CC(=O)NC(Cc1cnc[nH]1)C(=O)OC. The number of methoxy groups -OCH3 is 1. The third-order valence-electron chi connectivity index (χ3n) is 3.85. The van der Waals surface area contributed by atoms with E-state index in [1.54, 1.807) is 11.1 Å². The molecule has 1 heterocycles. The molecule has 0 saturated carbocycles. The van der Waals surface area contributed by atoms with Crippen LogP contribution in [0.15, 0.2) is 12.5 Å². The Morgan fingerprint density at radius 3 is 2.65 bits per heavy atom. The van der Waals surface area contributed by atoms with Crippen LogP contribution in [0.4, 0.5) is 0 Å². The van der Waals surface area contributed by atoms with Gasteiger partial charge in [-0.25, -0.2) is 9.78 Å². The van der Waals surface area contributed by atoms with E-state index in [-0.39, 0.29) is 19.5 Å². The molecular formula is C17H28N4O5. The molecule has 0 aromatic carbocycles. The predicted octanol–water partition coefficient (Wildman–Crippen LogP) is 0.577. The van der Waals surface area contributed by atoms with Gasteiger partial charge in [0.15, 0.2) is 0 Å². The quantitative estimate of drug-likeness (QED) is 0.343. The first kappa shape index (κ1) is 21.6. The molecule has 0 spiro atoms. The van der Waals surface area contributed by atoms with Gasteiger partial charge < -0.3 is 20.1 Å². The largest absolute Gasteiger partial charge is 0.480 e. The van der Waals surface area contributed by atoms with Gasteiger partial charge in [-0.2, -0.15) is 0 Å². The number of rotatable bonds is 13. The number of hydrogen-bond donors (Lipinski definition) is 3. The van der Waals surface area contributed by atoms with Gasteiger partial charge in [-0.3, -0.25) is 14.5 Å². The number of carboxylic acid groups (broad SMARTS) is 1. The fourth-order valence-electron chi connectivity index (χ4n) is 2.56. The van der Waals surface area contributed by atoms with Gasteiger partial charge in [-0.05, 0) is 13.0 Å². The fraction of sp³-hybridized carbons (Fsp3) is 0.647. The second-order valence-electron chi connectivity index (χ2n) is 6.09. The highest BCUT2D eigenvalue weighted by atomic mass is 16.5.